The second-order valence-electron chi connectivity index (χ2n) is 5.99. The van der Waals surface area contributed by atoms with Crippen molar-refractivity contribution in [3.8, 4) is 6.07 Å². The molecule has 1 saturated heterocycles. The van der Waals surface area contributed by atoms with Crippen LogP contribution in [0.25, 0.3) is 0 Å². The van der Waals surface area contributed by atoms with Crippen molar-refractivity contribution >= 4 is 0 Å². The number of imidazole rings is 1. The van der Waals surface area contributed by atoms with Crippen molar-refractivity contribution in [3.63, 3.8) is 0 Å². The van der Waals surface area contributed by atoms with E-state index in [-0.39, 0.29) is 0 Å². The van der Waals surface area contributed by atoms with E-state index in [1.807, 2.05) is 18.3 Å². The molecule has 1 fully saturated rings. The van der Waals surface area contributed by atoms with Gasteiger partial charge >= 0.3 is 0 Å². The van der Waals surface area contributed by atoms with E-state index in [0.717, 1.165) is 57.2 Å². The molecule has 0 spiro atoms. The molecule has 2 aromatic rings. The first kappa shape index (κ1) is 15.7. The maximum absolute atomic E-state index is 8.85. The van der Waals surface area contributed by atoms with Crippen molar-refractivity contribution in [1.29, 1.82) is 5.26 Å². The fourth-order valence-corrected chi connectivity index (χ4v) is 3.03. The summed E-state index contributed by atoms with van der Waals surface area (Å²) in [5.74, 6) is 1.16. The van der Waals surface area contributed by atoms with E-state index in [1.165, 1.54) is 5.56 Å². The maximum Gasteiger partial charge on any atom is 0.122 e. The molecule has 1 aromatic heterocycles. The molecule has 0 aliphatic carbocycles. The first-order valence-corrected chi connectivity index (χ1v) is 8.22. The van der Waals surface area contributed by atoms with Crippen molar-refractivity contribution in [2.24, 2.45) is 0 Å². The Morgan fingerprint density at radius 1 is 1.04 bits per heavy atom. The second kappa shape index (κ2) is 7.40. The Labute approximate surface area is 137 Å². The number of rotatable bonds is 5. The molecule has 5 nitrogen and oxygen atoms in total. The van der Waals surface area contributed by atoms with Gasteiger partial charge in [0.1, 0.15) is 5.82 Å². The summed E-state index contributed by atoms with van der Waals surface area (Å²) in [6.45, 7) is 9.34. The standard InChI is InChI=1S/C18H23N5/c1-2-23-8-7-20-18(23)15-22-11-9-21(10-12-22)14-17-5-3-16(13-19)4-6-17/h3-8H,2,9-12,14-15H2,1H3. The zero-order valence-electron chi connectivity index (χ0n) is 13.6. The van der Waals surface area contributed by atoms with Crippen LogP contribution in [0.2, 0.25) is 0 Å². The molecule has 2 heterocycles. The van der Waals surface area contributed by atoms with Crippen molar-refractivity contribution in [1.82, 2.24) is 19.4 Å². The summed E-state index contributed by atoms with van der Waals surface area (Å²) in [5.41, 5.74) is 2.00. The SMILES string of the molecule is CCn1ccnc1CN1CCN(Cc2ccc(C#N)cc2)CC1. The van der Waals surface area contributed by atoms with Gasteiger partial charge in [-0.1, -0.05) is 12.1 Å². The van der Waals surface area contributed by atoms with Gasteiger partial charge < -0.3 is 4.57 Å². The third kappa shape index (κ3) is 3.98. The van der Waals surface area contributed by atoms with Gasteiger partial charge in [0.2, 0.25) is 0 Å². The van der Waals surface area contributed by atoms with E-state index in [0.29, 0.717) is 0 Å². The minimum atomic E-state index is 0.727. The van der Waals surface area contributed by atoms with Crippen molar-refractivity contribution in [2.75, 3.05) is 26.2 Å². The molecule has 5 heteroatoms. The van der Waals surface area contributed by atoms with Crippen LogP contribution in [0.3, 0.4) is 0 Å². The van der Waals surface area contributed by atoms with Crippen LogP contribution in [0, 0.1) is 11.3 Å². The fourth-order valence-electron chi connectivity index (χ4n) is 3.03. The highest BCUT2D eigenvalue weighted by Crippen LogP contribution is 2.12. The van der Waals surface area contributed by atoms with Gasteiger partial charge in [0.25, 0.3) is 0 Å². The highest BCUT2D eigenvalue weighted by atomic mass is 15.3. The first-order chi connectivity index (χ1) is 11.3. The fraction of sp³-hybridized carbons (Fsp3) is 0.444. The Bertz CT molecular complexity index is 659. The number of nitriles is 1. The number of hydrogen-bond donors (Lipinski definition) is 0. The van der Waals surface area contributed by atoms with E-state index in [4.69, 9.17) is 5.26 Å². The molecular weight excluding hydrogens is 286 g/mol. The van der Waals surface area contributed by atoms with E-state index in [1.54, 1.807) is 0 Å². The van der Waals surface area contributed by atoms with Crippen LogP contribution in [0.5, 0.6) is 0 Å². The molecule has 0 radical (unpaired) electrons. The van der Waals surface area contributed by atoms with Gasteiger partial charge in [-0.05, 0) is 24.6 Å². The Morgan fingerprint density at radius 2 is 1.70 bits per heavy atom. The Kier molecular flexibility index (Phi) is 5.06. The quantitative estimate of drug-likeness (QED) is 0.848. The molecule has 0 amide bonds. The van der Waals surface area contributed by atoms with E-state index in [2.05, 4.69) is 50.7 Å². The molecule has 0 saturated carbocycles. The van der Waals surface area contributed by atoms with Gasteiger partial charge in [-0.3, -0.25) is 9.80 Å². The lowest BCUT2D eigenvalue weighted by atomic mass is 10.1. The molecule has 120 valence electrons. The molecule has 1 aromatic carbocycles. The third-order valence-electron chi connectivity index (χ3n) is 4.46. The predicted octanol–water partition coefficient (Wildman–Crippen LogP) is 2.09. The number of piperazine rings is 1. The highest BCUT2D eigenvalue weighted by Gasteiger charge is 2.18. The Morgan fingerprint density at radius 3 is 2.30 bits per heavy atom. The predicted molar refractivity (Wildman–Crippen MR) is 89.6 cm³/mol. The average Bonchev–Trinajstić information content (AvgIpc) is 3.04. The van der Waals surface area contributed by atoms with Crippen molar-refractivity contribution < 1.29 is 0 Å². The van der Waals surface area contributed by atoms with Gasteiger partial charge in [-0.15, -0.1) is 0 Å². The molecular formula is C18H23N5. The van der Waals surface area contributed by atoms with Crippen molar-refractivity contribution in [3.05, 3.63) is 53.6 Å². The van der Waals surface area contributed by atoms with Crippen LogP contribution in [0.4, 0.5) is 0 Å². The zero-order chi connectivity index (χ0) is 16.1. The van der Waals surface area contributed by atoms with Gasteiger partial charge in [0.15, 0.2) is 0 Å². The highest BCUT2D eigenvalue weighted by molar-refractivity contribution is 5.31. The molecule has 23 heavy (non-hydrogen) atoms. The summed E-state index contributed by atoms with van der Waals surface area (Å²) in [7, 11) is 0. The summed E-state index contributed by atoms with van der Waals surface area (Å²) >= 11 is 0. The molecule has 1 aliphatic rings. The van der Waals surface area contributed by atoms with Crippen LogP contribution < -0.4 is 0 Å². The lowest BCUT2D eigenvalue weighted by Gasteiger charge is -2.34. The molecule has 0 bridgehead atoms. The lowest BCUT2D eigenvalue weighted by Crippen LogP contribution is -2.45. The normalized spacial score (nSPS) is 16.3. The minimum absolute atomic E-state index is 0.727. The van der Waals surface area contributed by atoms with Crippen LogP contribution in [0.15, 0.2) is 36.7 Å². The smallest absolute Gasteiger partial charge is 0.122 e. The van der Waals surface area contributed by atoms with Crippen molar-refractivity contribution in [2.45, 2.75) is 26.6 Å². The second-order valence-corrected chi connectivity index (χ2v) is 5.99. The van der Waals surface area contributed by atoms with E-state index in [9.17, 15) is 0 Å². The molecule has 3 rings (SSSR count). The Hall–Kier alpha value is -2.16. The van der Waals surface area contributed by atoms with Crippen LogP contribution in [-0.4, -0.2) is 45.5 Å². The topological polar surface area (TPSA) is 48.1 Å². The number of aromatic nitrogens is 2. The monoisotopic (exact) mass is 309 g/mol. The molecule has 0 atom stereocenters. The Balaban J connectivity index is 1.49. The average molecular weight is 309 g/mol. The molecule has 0 N–H and O–H groups in total. The maximum atomic E-state index is 8.85. The summed E-state index contributed by atoms with van der Waals surface area (Å²) in [4.78, 5) is 9.42. The summed E-state index contributed by atoms with van der Waals surface area (Å²) < 4.78 is 2.21. The zero-order valence-corrected chi connectivity index (χ0v) is 13.6. The van der Waals surface area contributed by atoms with Crippen LogP contribution in [0.1, 0.15) is 23.9 Å². The summed E-state index contributed by atoms with van der Waals surface area (Å²) in [6.07, 6.45) is 3.94. The molecule has 1 aliphatic heterocycles. The molecule has 0 unspecified atom stereocenters. The van der Waals surface area contributed by atoms with Gasteiger partial charge in [-0.2, -0.15) is 5.26 Å². The number of hydrogen-bond acceptors (Lipinski definition) is 4. The number of aryl methyl sites for hydroxylation is 1. The summed E-state index contributed by atoms with van der Waals surface area (Å²) in [6, 6.07) is 10.1. The van der Waals surface area contributed by atoms with Crippen LogP contribution in [-0.2, 0) is 19.6 Å². The lowest BCUT2D eigenvalue weighted by molar-refractivity contribution is 0.119. The summed E-state index contributed by atoms with van der Waals surface area (Å²) in [5, 5.41) is 8.85. The van der Waals surface area contributed by atoms with Crippen LogP contribution >= 0.6 is 0 Å². The van der Waals surface area contributed by atoms with Gasteiger partial charge in [0.05, 0.1) is 18.2 Å². The van der Waals surface area contributed by atoms with E-state index < -0.39 is 0 Å². The third-order valence-corrected chi connectivity index (χ3v) is 4.46. The first-order valence-electron chi connectivity index (χ1n) is 8.22. The van der Waals surface area contributed by atoms with E-state index >= 15 is 0 Å². The minimum Gasteiger partial charge on any atom is -0.334 e. The number of benzene rings is 1. The van der Waals surface area contributed by atoms with Gasteiger partial charge in [0, 0.05) is 51.7 Å². The largest absolute Gasteiger partial charge is 0.334 e. The van der Waals surface area contributed by atoms with Gasteiger partial charge in [-0.25, -0.2) is 4.98 Å². The number of nitrogens with zero attached hydrogens (tertiary/aromatic N) is 5.